The second-order valence-corrected chi connectivity index (χ2v) is 9.90. The number of carbonyl (C=O) groups is 1. The van der Waals surface area contributed by atoms with Gasteiger partial charge in [-0.05, 0) is 45.2 Å². The molecule has 2 aromatic rings. The number of para-hydroxylation sites is 1. The van der Waals surface area contributed by atoms with Gasteiger partial charge >= 0.3 is 5.97 Å². The van der Waals surface area contributed by atoms with Crippen LogP contribution in [0.3, 0.4) is 0 Å². The van der Waals surface area contributed by atoms with Crippen LogP contribution in [0.25, 0.3) is 5.69 Å². The lowest BCUT2D eigenvalue weighted by atomic mass is 9.78. The lowest BCUT2D eigenvalue weighted by molar-refractivity contribution is -0.146. The average molecular weight is 446 g/mol. The molecule has 1 saturated carbocycles. The molecule has 0 spiro atoms. The molecule has 2 aliphatic heterocycles. The number of epoxide rings is 1. The second kappa shape index (κ2) is 7.51. The highest BCUT2D eigenvalue weighted by molar-refractivity contribution is 5.76. The first-order valence-corrected chi connectivity index (χ1v) is 11.7. The minimum atomic E-state index is -0.169. The average Bonchev–Trinajstić information content (AvgIpc) is 3.10. The molecule has 3 heterocycles. The number of ether oxygens (including phenoxy) is 2. The Morgan fingerprint density at radius 3 is 3.06 bits per heavy atom. The van der Waals surface area contributed by atoms with Gasteiger partial charge in [-0.1, -0.05) is 28.5 Å². The monoisotopic (exact) mass is 445 g/mol. The molecule has 4 aliphatic rings. The topological polar surface area (TPSA) is 105 Å². The number of hydrogen-bond donors (Lipinski definition) is 1. The third-order valence-electron chi connectivity index (χ3n) is 8.08. The SMILES string of the molecule is CC1=C2C[C@H]3O[C@@]3(C)[C@@H]2[C@H]2OC(=O)[C@@H](CNCc3cn(-c4ccccc4C#N)nn3)[C@@H]2CC1. The molecule has 1 aromatic heterocycles. The highest BCUT2D eigenvalue weighted by Gasteiger charge is 2.69. The van der Waals surface area contributed by atoms with E-state index in [0.29, 0.717) is 24.3 Å². The van der Waals surface area contributed by atoms with Crippen LogP contribution < -0.4 is 5.32 Å². The summed E-state index contributed by atoms with van der Waals surface area (Å²) in [7, 11) is 0. The maximum Gasteiger partial charge on any atom is 0.310 e. The summed E-state index contributed by atoms with van der Waals surface area (Å²) in [6.45, 7) is 5.45. The molecule has 2 aliphatic carbocycles. The molecule has 0 bridgehead atoms. The lowest BCUT2D eigenvalue weighted by Gasteiger charge is -2.28. The van der Waals surface area contributed by atoms with Crippen LogP contribution in [0.4, 0.5) is 0 Å². The summed E-state index contributed by atoms with van der Waals surface area (Å²) in [4.78, 5) is 12.9. The minimum Gasteiger partial charge on any atom is -0.461 e. The third-order valence-corrected chi connectivity index (χ3v) is 8.08. The van der Waals surface area contributed by atoms with Crippen molar-refractivity contribution in [3.63, 3.8) is 0 Å². The molecule has 0 amide bonds. The van der Waals surface area contributed by atoms with E-state index < -0.39 is 0 Å². The summed E-state index contributed by atoms with van der Waals surface area (Å²) in [6, 6.07) is 9.47. The fourth-order valence-electron chi connectivity index (χ4n) is 6.22. The van der Waals surface area contributed by atoms with Gasteiger partial charge in [-0.3, -0.25) is 4.79 Å². The Bertz CT molecular complexity index is 1200. The molecule has 6 rings (SSSR count). The summed E-state index contributed by atoms with van der Waals surface area (Å²) in [5, 5.41) is 21.1. The maximum absolute atomic E-state index is 12.9. The van der Waals surface area contributed by atoms with Gasteiger partial charge in [-0.15, -0.1) is 5.10 Å². The highest BCUT2D eigenvalue weighted by Crippen LogP contribution is 2.62. The van der Waals surface area contributed by atoms with E-state index in [9.17, 15) is 10.1 Å². The van der Waals surface area contributed by atoms with Crippen LogP contribution in [0.1, 0.15) is 44.4 Å². The van der Waals surface area contributed by atoms with E-state index in [-0.39, 0.29) is 41.5 Å². The fraction of sp³-hybridized carbons (Fsp3) is 0.520. The molecule has 1 N–H and O–H groups in total. The summed E-state index contributed by atoms with van der Waals surface area (Å²) < 4.78 is 13.6. The van der Waals surface area contributed by atoms with E-state index in [2.05, 4.69) is 35.5 Å². The Morgan fingerprint density at radius 2 is 2.21 bits per heavy atom. The van der Waals surface area contributed by atoms with Crippen molar-refractivity contribution in [2.45, 2.75) is 57.5 Å². The third kappa shape index (κ3) is 3.22. The van der Waals surface area contributed by atoms with E-state index in [1.165, 1.54) is 11.1 Å². The molecule has 8 heteroatoms. The van der Waals surface area contributed by atoms with Gasteiger partial charge < -0.3 is 14.8 Å². The molecule has 8 nitrogen and oxygen atoms in total. The quantitative estimate of drug-likeness (QED) is 0.428. The molecule has 0 unspecified atom stereocenters. The predicted molar refractivity (Wildman–Crippen MR) is 118 cm³/mol. The van der Waals surface area contributed by atoms with Crippen LogP contribution in [0, 0.1) is 29.1 Å². The number of aromatic nitrogens is 3. The summed E-state index contributed by atoms with van der Waals surface area (Å²) in [6.07, 6.45) is 5.00. The Balaban J connectivity index is 1.13. The molecule has 2 saturated heterocycles. The Hall–Kier alpha value is -3.02. The number of allylic oxidation sites excluding steroid dienone is 1. The molecule has 3 fully saturated rings. The summed E-state index contributed by atoms with van der Waals surface area (Å²) in [5.41, 5.74) is 4.76. The van der Waals surface area contributed by atoms with Crippen LogP contribution in [0.15, 0.2) is 41.6 Å². The minimum absolute atomic E-state index is 0.0855. The predicted octanol–water partition coefficient (Wildman–Crippen LogP) is 2.67. The van der Waals surface area contributed by atoms with Crippen molar-refractivity contribution < 1.29 is 14.3 Å². The van der Waals surface area contributed by atoms with Gasteiger partial charge in [0.25, 0.3) is 0 Å². The number of fused-ring (bicyclic) bond motifs is 5. The van der Waals surface area contributed by atoms with Crippen molar-refractivity contribution in [1.82, 2.24) is 20.3 Å². The van der Waals surface area contributed by atoms with Crippen LogP contribution in [0.2, 0.25) is 0 Å². The van der Waals surface area contributed by atoms with Crippen molar-refractivity contribution in [3.05, 3.63) is 52.9 Å². The first kappa shape index (κ1) is 20.6. The number of benzene rings is 1. The Labute approximate surface area is 192 Å². The molecular weight excluding hydrogens is 418 g/mol. The molecule has 1 aromatic carbocycles. The second-order valence-electron chi connectivity index (χ2n) is 9.90. The zero-order valence-electron chi connectivity index (χ0n) is 18.8. The zero-order chi connectivity index (χ0) is 22.7. The van der Waals surface area contributed by atoms with Crippen molar-refractivity contribution in [2.75, 3.05) is 6.54 Å². The van der Waals surface area contributed by atoms with E-state index in [1.54, 1.807) is 10.7 Å². The largest absolute Gasteiger partial charge is 0.461 e. The number of rotatable bonds is 5. The van der Waals surface area contributed by atoms with Gasteiger partial charge in [-0.25, -0.2) is 4.68 Å². The summed E-state index contributed by atoms with van der Waals surface area (Å²) >= 11 is 0. The Morgan fingerprint density at radius 1 is 1.36 bits per heavy atom. The van der Waals surface area contributed by atoms with Crippen molar-refractivity contribution in [1.29, 1.82) is 5.26 Å². The van der Waals surface area contributed by atoms with Crippen LogP contribution >= 0.6 is 0 Å². The number of nitrogens with one attached hydrogen (secondary N) is 1. The van der Waals surface area contributed by atoms with Crippen molar-refractivity contribution in [3.8, 4) is 11.8 Å². The van der Waals surface area contributed by atoms with Gasteiger partial charge in [0.15, 0.2) is 0 Å². The van der Waals surface area contributed by atoms with Gasteiger partial charge in [0, 0.05) is 24.9 Å². The van der Waals surface area contributed by atoms with Crippen LogP contribution in [-0.2, 0) is 20.8 Å². The van der Waals surface area contributed by atoms with Gasteiger partial charge in [-0.2, -0.15) is 5.26 Å². The molecule has 33 heavy (non-hydrogen) atoms. The van der Waals surface area contributed by atoms with E-state index in [1.807, 2.05) is 24.4 Å². The smallest absolute Gasteiger partial charge is 0.310 e. The fourth-order valence-corrected chi connectivity index (χ4v) is 6.22. The first-order valence-electron chi connectivity index (χ1n) is 11.7. The lowest BCUT2D eigenvalue weighted by Crippen LogP contribution is -2.37. The number of esters is 1. The zero-order valence-corrected chi connectivity index (χ0v) is 18.8. The maximum atomic E-state index is 12.9. The molecule has 0 radical (unpaired) electrons. The number of nitriles is 1. The van der Waals surface area contributed by atoms with Gasteiger partial charge in [0.05, 0.1) is 35.2 Å². The Kier molecular flexibility index (Phi) is 4.68. The first-order chi connectivity index (χ1) is 16.0. The molecule has 6 atom stereocenters. The van der Waals surface area contributed by atoms with Crippen LogP contribution in [-0.4, -0.2) is 45.3 Å². The van der Waals surface area contributed by atoms with E-state index >= 15 is 0 Å². The van der Waals surface area contributed by atoms with Crippen molar-refractivity contribution in [2.24, 2.45) is 17.8 Å². The van der Waals surface area contributed by atoms with Crippen molar-refractivity contribution >= 4 is 5.97 Å². The normalized spacial score (nSPS) is 34.2. The number of nitrogens with zero attached hydrogens (tertiary/aromatic N) is 4. The molecular formula is C25H27N5O3. The number of hydrogen-bond acceptors (Lipinski definition) is 7. The van der Waals surface area contributed by atoms with E-state index in [4.69, 9.17) is 9.47 Å². The highest BCUT2D eigenvalue weighted by atomic mass is 16.6. The van der Waals surface area contributed by atoms with Gasteiger partial charge in [0.2, 0.25) is 0 Å². The molecule has 170 valence electrons. The van der Waals surface area contributed by atoms with E-state index in [0.717, 1.165) is 25.0 Å². The van der Waals surface area contributed by atoms with Crippen LogP contribution in [0.5, 0.6) is 0 Å². The number of carbonyl (C=O) groups excluding carboxylic acids is 1. The standard InChI is InChI=1S/C25H27N5O3/c1-14-7-8-17-19(24(31)32-23(17)22-18(14)9-21-25(22,2)33-21)12-27-11-16-13-30(29-28-16)20-6-4-3-5-15(20)10-26/h3-6,13,17,19,21-23,27H,7-9,11-12H2,1-2H3/t17-,19-,21+,22-,23-,25+/m0/s1. The van der Waals surface area contributed by atoms with Gasteiger partial charge in [0.1, 0.15) is 17.8 Å². The summed E-state index contributed by atoms with van der Waals surface area (Å²) in [5.74, 6) is 0.123.